The molecule has 0 bridgehead atoms. The lowest BCUT2D eigenvalue weighted by Gasteiger charge is -2.14. The van der Waals surface area contributed by atoms with Gasteiger partial charge < -0.3 is 5.32 Å². The van der Waals surface area contributed by atoms with E-state index in [0.717, 1.165) is 25.9 Å². The number of thiophene rings is 1. The second kappa shape index (κ2) is 6.79. The molecule has 2 aromatic heterocycles. The summed E-state index contributed by atoms with van der Waals surface area (Å²) in [5.74, 6) is 0. The lowest BCUT2D eigenvalue weighted by atomic mass is 10.1. The summed E-state index contributed by atoms with van der Waals surface area (Å²) in [6.07, 6.45) is 0. The molecule has 2 heterocycles. The lowest BCUT2D eigenvalue weighted by Crippen LogP contribution is -2.21. The van der Waals surface area contributed by atoms with E-state index >= 15 is 0 Å². The second-order valence-corrected chi connectivity index (χ2v) is 7.79. The molecule has 0 aliphatic carbocycles. The highest BCUT2D eigenvalue weighted by Crippen LogP contribution is 2.33. The Balaban J connectivity index is 1.92. The third-order valence-corrected chi connectivity index (χ3v) is 5.58. The van der Waals surface area contributed by atoms with Crippen LogP contribution in [0.5, 0.6) is 0 Å². The molecule has 3 rings (SSSR count). The fourth-order valence-electron chi connectivity index (χ4n) is 2.09. The smallest absolute Gasteiger partial charge is 0.148 e. The molecule has 0 saturated carbocycles. The second-order valence-electron chi connectivity index (χ2n) is 4.49. The maximum atomic E-state index is 4.39. The predicted molar refractivity (Wildman–Crippen MR) is 92.9 cm³/mol. The van der Waals surface area contributed by atoms with Crippen LogP contribution in [0.4, 0.5) is 0 Å². The summed E-state index contributed by atoms with van der Waals surface area (Å²) >= 11 is 6.80. The molecule has 1 N–H and O–H groups in total. The van der Waals surface area contributed by atoms with E-state index in [1.807, 2.05) is 6.07 Å². The Hall–Kier alpha value is -1.08. The molecule has 0 spiro atoms. The third-order valence-electron chi connectivity index (χ3n) is 3.04. The Morgan fingerprint density at radius 2 is 2.05 bits per heavy atom. The van der Waals surface area contributed by atoms with E-state index < -0.39 is 0 Å². The molecule has 3 nitrogen and oxygen atoms in total. The largest absolute Gasteiger partial charge is 0.304 e. The quantitative estimate of drug-likeness (QED) is 0.696. The van der Waals surface area contributed by atoms with Gasteiger partial charge in [0.15, 0.2) is 0 Å². The Morgan fingerprint density at radius 1 is 1.24 bits per heavy atom. The van der Waals surface area contributed by atoms with Gasteiger partial charge in [0.25, 0.3) is 0 Å². The highest BCUT2D eigenvalue weighted by Gasteiger charge is 2.18. The van der Waals surface area contributed by atoms with Gasteiger partial charge in [0.2, 0.25) is 0 Å². The molecule has 0 aliphatic heterocycles. The van der Waals surface area contributed by atoms with Crippen LogP contribution in [0.2, 0.25) is 0 Å². The summed E-state index contributed by atoms with van der Waals surface area (Å²) < 4.78 is 1.11. The van der Waals surface area contributed by atoms with Gasteiger partial charge in [-0.3, -0.25) is 0 Å². The SMILES string of the molecule is CCNC(c1ccccc1)c1nnc(-c2csc(Br)c2)s1. The zero-order chi connectivity index (χ0) is 14.7. The van der Waals surface area contributed by atoms with Crippen molar-refractivity contribution in [1.82, 2.24) is 15.5 Å². The van der Waals surface area contributed by atoms with Crippen molar-refractivity contribution < 1.29 is 0 Å². The molecule has 108 valence electrons. The van der Waals surface area contributed by atoms with Crippen LogP contribution >= 0.6 is 38.6 Å². The van der Waals surface area contributed by atoms with E-state index in [9.17, 15) is 0 Å². The van der Waals surface area contributed by atoms with Crippen molar-refractivity contribution in [2.45, 2.75) is 13.0 Å². The summed E-state index contributed by atoms with van der Waals surface area (Å²) in [6, 6.07) is 12.6. The van der Waals surface area contributed by atoms with Crippen LogP contribution in [0.1, 0.15) is 23.5 Å². The molecule has 3 aromatic rings. The average molecular weight is 380 g/mol. The van der Waals surface area contributed by atoms with E-state index in [2.05, 4.69) is 74.1 Å². The number of halogens is 1. The standard InChI is InChI=1S/C15H14BrN3S2/c1-2-17-13(10-6-4-3-5-7-10)15-19-18-14(21-15)11-8-12(16)20-9-11/h3-9,13,17H,2H2,1H3. The van der Waals surface area contributed by atoms with Gasteiger partial charge in [-0.15, -0.1) is 21.5 Å². The van der Waals surface area contributed by atoms with Crippen molar-refractivity contribution in [3.8, 4) is 10.6 Å². The Labute approximate surface area is 140 Å². The molecular weight excluding hydrogens is 366 g/mol. The number of aromatic nitrogens is 2. The van der Waals surface area contributed by atoms with E-state index in [1.54, 1.807) is 22.7 Å². The van der Waals surface area contributed by atoms with E-state index in [0.29, 0.717) is 0 Å². The van der Waals surface area contributed by atoms with Crippen LogP contribution in [0.25, 0.3) is 10.6 Å². The van der Waals surface area contributed by atoms with Crippen molar-refractivity contribution in [2.75, 3.05) is 6.54 Å². The van der Waals surface area contributed by atoms with Gasteiger partial charge in [0, 0.05) is 10.9 Å². The maximum Gasteiger partial charge on any atom is 0.148 e. The first-order valence-corrected chi connectivity index (χ1v) is 9.13. The zero-order valence-electron chi connectivity index (χ0n) is 11.4. The van der Waals surface area contributed by atoms with Gasteiger partial charge in [0.1, 0.15) is 10.0 Å². The number of nitrogens with zero attached hydrogens (tertiary/aromatic N) is 2. The van der Waals surface area contributed by atoms with E-state index in [4.69, 9.17) is 0 Å². The summed E-state index contributed by atoms with van der Waals surface area (Å²) in [5.41, 5.74) is 2.34. The summed E-state index contributed by atoms with van der Waals surface area (Å²) in [4.78, 5) is 0. The fourth-order valence-corrected chi connectivity index (χ4v) is 4.24. The molecule has 1 atom stereocenters. The molecule has 0 radical (unpaired) electrons. The minimum atomic E-state index is 0.101. The summed E-state index contributed by atoms with van der Waals surface area (Å²) in [5, 5.41) is 16.3. The van der Waals surface area contributed by atoms with Crippen LogP contribution in [0.15, 0.2) is 45.6 Å². The number of rotatable bonds is 5. The molecule has 1 aromatic carbocycles. The molecule has 1 unspecified atom stereocenters. The number of hydrogen-bond acceptors (Lipinski definition) is 5. The van der Waals surface area contributed by atoms with Crippen LogP contribution in [0.3, 0.4) is 0 Å². The van der Waals surface area contributed by atoms with E-state index in [1.165, 1.54) is 5.56 Å². The van der Waals surface area contributed by atoms with Crippen molar-refractivity contribution in [1.29, 1.82) is 0 Å². The highest BCUT2D eigenvalue weighted by atomic mass is 79.9. The van der Waals surface area contributed by atoms with Crippen molar-refractivity contribution in [3.05, 3.63) is 56.1 Å². The zero-order valence-corrected chi connectivity index (χ0v) is 14.6. The van der Waals surface area contributed by atoms with Crippen molar-refractivity contribution in [3.63, 3.8) is 0 Å². The normalized spacial score (nSPS) is 12.5. The van der Waals surface area contributed by atoms with Crippen LogP contribution in [-0.2, 0) is 0 Å². The Bertz CT molecular complexity index is 709. The van der Waals surface area contributed by atoms with Crippen LogP contribution < -0.4 is 5.32 Å². The number of nitrogens with one attached hydrogen (secondary N) is 1. The molecule has 0 saturated heterocycles. The monoisotopic (exact) mass is 379 g/mol. The van der Waals surface area contributed by atoms with Gasteiger partial charge >= 0.3 is 0 Å². The first kappa shape index (κ1) is 14.8. The first-order valence-electron chi connectivity index (χ1n) is 6.64. The van der Waals surface area contributed by atoms with Gasteiger partial charge in [-0.05, 0) is 34.1 Å². The van der Waals surface area contributed by atoms with Crippen LogP contribution in [-0.4, -0.2) is 16.7 Å². The summed E-state index contributed by atoms with van der Waals surface area (Å²) in [7, 11) is 0. The molecule has 0 fully saturated rings. The third kappa shape index (κ3) is 3.40. The van der Waals surface area contributed by atoms with Gasteiger partial charge in [-0.1, -0.05) is 48.6 Å². The predicted octanol–water partition coefficient (Wildman–Crippen LogP) is 4.73. The first-order chi connectivity index (χ1) is 10.3. The Kier molecular flexibility index (Phi) is 4.80. The molecule has 0 amide bonds. The summed E-state index contributed by atoms with van der Waals surface area (Å²) in [6.45, 7) is 2.99. The van der Waals surface area contributed by atoms with Gasteiger partial charge in [-0.2, -0.15) is 0 Å². The van der Waals surface area contributed by atoms with Gasteiger partial charge in [-0.25, -0.2) is 0 Å². The number of benzene rings is 1. The average Bonchev–Trinajstić information content (AvgIpc) is 3.14. The highest BCUT2D eigenvalue weighted by molar-refractivity contribution is 9.11. The van der Waals surface area contributed by atoms with Crippen LogP contribution in [0, 0.1) is 0 Å². The lowest BCUT2D eigenvalue weighted by molar-refractivity contribution is 0.621. The minimum absolute atomic E-state index is 0.101. The maximum absolute atomic E-state index is 4.39. The van der Waals surface area contributed by atoms with Gasteiger partial charge in [0.05, 0.1) is 9.83 Å². The van der Waals surface area contributed by atoms with Crippen molar-refractivity contribution >= 4 is 38.6 Å². The topological polar surface area (TPSA) is 37.8 Å². The molecule has 6 heteroatoms. The van der Waals surface area contributed by atoms with Crippen molar-refractivity contribution in [2.24, 2.45) is 0 Å². The number of hydrogen-bond donors (Lipinski definition) is 1. The van der Waals surface area contributed by atoms with E-state index in [-0.39, 0.29) is 6.04 Å². The fraction of sp³-hybridized carbons (Fsp3) is 0.200. The molecular formula is C15H14BrN3S2. The molecule has 0 aliphatic rings. The Morgan fingerprint density at radius 3 is 2.71 bits per heavy atom. The minimum Gasteiger partial charge on any atom is -0.304 e. The molecule has 21 heavy (non-hydrogen) atoms.